The minimum absolute atomic E-state index is 0.201. The molecule has 1 atom stereocenters. The van der Waals surface area contributed by atoms with Gasteiger partial charge in [0.15, 0.2) is 0 Å². The number of ether oxygens (including phenoxy) is 2. The average molecular weight is 431 g/mol. The molecular weight excluding hydrogens is 400 g/mol. The van der Waals surface area contributed by atoms with Gasteiger partial charge in [0.25, 0.3) is 0 Å². The van der Waals surface area contributed by atoms with Crippen LogP contribution >= 0.6 is 0 Å². The Hall–Kier alpha value is -3.31. The second-order valence-corrected chi connectivity index (χ2v) is 8.43. The molecule has 0 spiro atoms. The van der Waals surface area contributed by atoms with Crippen LogP contribution in [0.15, 0.2) is 60.7 Å². The number of nitrogens with zero attached hydrogens (tertiary/aromatic N) is 2. The van der Waals surface area contributed by atoms with E-state index in [1.165, 1.54) is 0 Å². The summed E-state index contributed by atoms with van der Waals surface area (Å²) >= 11 is 0. The fraction of sp³-hybridized carbons (Fsp3) is 0.296. The Kier molecular flexibility index (Phi) is 6.47. The number of hydrogen-bond donors (Lipinski definition) is 1. The van der Waals surface area contributed by atoms with Crippen LogP contribution in [0, 0.1) is 27.7 Å². The Morgan fingerprint density at radius 2 is 1.56 bits per heavy atom. The third-order valence-electron chi connectivity index (χ3n) is 5.52. The summed E-state index contributed by atoms with van der Waals surface area (Å²) in [6, 6.07) is 20.1. The lowest BCUT2D eigenvalue weighted by molar-refractivity contribution is 0.0917. The first-order chi connectivity index (χ1) is 15.4. The zero-order chi connectivity index (χ0) is 22.7. The Bertz CT molecular complexity index is 1190. The first kappa shape index (κ1) is 21.9. The van der Waals surface area contributed by atoms with Gasteiger partial charge in [0.05, 0.1) is 17.6 Å². The van der Waals surface area contributed by atoms with E-state index in [9.17, 15) is 5.11 Å². The molecule has 0 aliphatic rings. The third kappa shape index (κ3) is 4.94. The van der Waals surface area contributed by atoms with E-state index in [1.807, 2.05) is 86.9 Å². The van der Waals surface area contributed by atoms with Crippen LogP contribution < -0.4 is 9.47 Å². The number of hydrogen-bond acceptors (Lipinski definition) is 4. The van der Waals surface area contributed by atoms with Gasteiger partial charge in [-0.1, -0.05) is 36.4 Å². The highest BCUT2D eigenvalue weighted by molar-refractivity contribution is 5.75. The molecule has 5 nitrogen and oxygen atoms in total. The molecule has 0 aliphatic heterocycles. The van der Waals surface area contributed by atoms with Crippen molar-refractivity contribution < 1.29 is 14.6 Å². The number of aromatic nitrogens is 2. The molecule has 0 aliphatic carbocycles. The molecule has 1 aromatic heterocycles. The molecule has 1 unspecified atom stereocenters. The highest BCUT2D eigenvalue weighted by Crippen LogP contribution is 2.25. The lowest BCUT2D eigenvalue weighted by atomic mass is 10.1. The second kappa shape index (κ2) is 9.45. The highest BCUT2D eigenvalue weighted by atomic mass is 16.5. The SMILES string of the molecule is Cc1cc(C)cc(OCC(O)Cn2c(COc3c(C)cccc3C)nc3ccccc32)c1. The molecule has 5 heteroatoms. The predicted molar refractivity (Wildman–Crippen MR) is 127 cm³/mol. The van der Waals surface area contributed by atoms with E-state index < -0.39 is 6.10 Å². The number of para-hydroxylation sites is 3. The van der Waals surface area contributed by atoms with Crippen LogP contribution in [0.5, 0.6) is 11.5 Å². The molecule has 0 saturated carbocycles. The number of aryl methyl sites for hydroxylation is 4. The van der Waals surface area contributed by atoms with Gasteiger partial charge >= 0.3 is 0 Å². The van der Waals surface area contributed by atoms with Crippen LogP contribution in [-0.2, 0) is 13.2 Å². The zero-order valence-electron chi connectivity index (χ0n) is 19.1. The number of rotatable bonds is 8. The second-order valence-electron chi connectivity index (χ2n) is 8.43. The number of imidazole rings is 1. The van der Waals surface area contributed by atoms with E-state index in [1.54, 1.807) is 0 Å². The van der Waals surface area contributed by atoms with Crippen LogP contribution in [0.1, 0.15) is 28.1 Å². The van der Waals surface area contributed by atoms with E-state index in [0.29, 0.717) is 13.2 Å². The summed E-state index contributed by atoms with van der Waals surface area (Å²) in [5.74, 6) is 2.43. The molecule has 1 heterocycles. The summed E-state index contributed by atoms with van der Waals surface area (Å²) in [6.07, 6.45) is -0.688. The van der Waals surface area contributed by atoms with Gasteiger partial charge in [-0.05, 0) is 74.2 Å². The standard InChI is InChI=1S/C27H30N2O3/c1-18-12-19(2)14-23(13-18)31-16-22(30)15-29-25-11-6-5-10-24(25)28-26(29)17-32-27-20(3)8-7-9-21(27)4/h5-14,22,30H,15-17H2,1-4H3. The average Bonchev–Trinajstić information content (AvgIpc) is 3.09. The van der Waals surface area contributed by atoms with Crippen molar-refractivity contribution in [2.75, 3.05) is 6.61 Å². The van der Waals surface area contributed by atoms with Crippen molar-refractivity contribution in [2.24, 2.45) is 0 Å². The molecular formula is C27H30N2O3. The van der Waals surface area contributed by atoms with Crippen molar-refractivity contribution in [3.05, 3.63) is 88.7 Å². The number of aliphatic hydroxyl groups is 1. The van der Waals surface area contributed by atoms with Crippen molar-refractivity contribution in [2.45, 2.75) is 47.0 Å². The number of aliphatic hydroxyl groups excluding tert-OH is 1. The minimum Gasteiger partial charge on any atom is -0.491 e. The van der Waals surface area contributed by atoms with Crippen LogP contribution in [0.25, 0.3) is 11.0 Å². The third-order valence-corrected chi connectivity index (χ3v) is 5.52. The van der Waals surface area contributed by atoms with E-state index in [-0.39, 0.29) is 6.61 Å². The Labute approximate surface area is 189 Å². The normalized spacial score (nSPS) is 12.2. The fourth-order valence-corrected chi connectivity index (χ4v) is 4.07. The molecule has 32 heavy (non-hydrogen) atoms. The Morgan fingerprint density at radius 3 is 2.28 bits per heavy atom. The van der Waals surface area contributed by atoms with E-state index in [2.05, 4.69) is 6.07 Å². The maximum absolute atomic E-state index is 10.8. The summed E-state index contributed by atoms with van der Waals surface area (Å²) in [4.78, 5) is 4.77. The quantitative estimate of drug-likeness (QED) is 0.413. The molecule has 3 aromatic carbocycles. The topological polar surface area (TPSA) is 56.5 Å². The van der Waals surface area contributed by atoms with Crippen molar-refractivity contribution in [3.63, 3.8) is 0 Å². The smallest absolute Gasteiger partial charge is 0.148 e. The largest absolute Gasteiger partial charge is 0.491 e. The van der Waals surface area contributed by atoms with Gasteiger partial charge in [-0.3, -0.25) is 0 Å². The molecule has 4 rings (SSSR count). The van der Waals surface area contributed by atoms with Gasteiger partial charge in [-0.15, -0.1) is 0 Å². The number of fused-ring (bicyclic) bond motifs is 1. The molecule has 166 valence electrons. The maximum Gasteiger partial charge on any atom is 0.148 e. The zero-order valence-corrected chi connectivity index (χ0v) is 19.1. The van der Waals surface area contributed by atoms with Gasteiger partial charge < -0.3 is 19.1 Å². The monoisotopic (exact) mass is 430 g/mol. The highest BCUT2D eigenvalue weighted by Gasteiger charge is 2.16. The number of benzene rings is 3. The summed E-state index contributed by atoms with van der Waals surface area (Å²) in [7, 11) is 0. The lowest BCUT2D eigenvalue weighted by Gasteiger charge is -2.17. The molecule has 0 radical (unpaired) electrons. The van der Waals surface area contributed by atoms with Crippen molar-refractivity contribution in [3.8, 4) is 11.5 Å². The van der Waals surface area contributed by atoms with Crippen molar-refractivity contribution >= 4 is 11.0 Å². The summed E-state index contributed by atoms with van der Waals surface area (Å²) < 4.78 is 14.1. The first-order valence-electron chi connectivity index (χ1n) is 10.9. The Morgan fingerprint density at radius 1 is 0.875 bits per heavy atom. The van der Waals surface area contributed by atoms with Crippen LogP contribution in [0.4, 0.5) is 0 Å². The molecule has 0 bridgehead atoms. The van der Waals surface area contributed by atoms with Gasteiger partial charge in [0, 0.05) is 0 Å². The van der Waals surface area contributed by atoms with E-state index in [4.69, 9.17) is 14.5 Å². The van der Waals surface area contributed by atoms with Crippen LogP contribution in [0.2, 0.25) is 0 Å². The van der Waals surface area contributed by atoms with Crippen LogP contribution in [-0.4, -0.2) is 27.4 Å². The van der Waals surface area contributed by atoms with Gasteiger partial charge in [0.1, 0.15) is 36.6 Å². The first-order valence-corrected chi connectivity index (χ1v) is 10.9. The van der Waals surface area contributed by atoms with E-state index in [0.717, 1.165) is 50.6 Å². The van der Waals surface area contributed by atoms with E-state index >= 15 is 0 Å². The van der Waals surface area contributed by atoms with Gasteiger partial charge in [0.2, 0.25) is 0 Å². The minimum atomic E-state index is -0.688. The Balaban J connectivity index is 1.52. The van der Waals surface area contributed by atoms with Crippen LogP contribution in [0.3, 0.4) is 0 Å². The van der Waals surface area contributed by atoms with Crippen molar-refractivity contribution in [1.82, 2.24) is 9.55 Å². The van der Waals surface area contributed by atoms with Gasteiger partial charge in [-0.25, -0.2) is 4.98 Å². The molecule has 0 saturated heterocycles. The summed E-state index contributed by atoms with van der Waals surface area (Å²) in [5.41, 5.74) is 6.32. The lowest BCUT2D eigenvalue weighted by Crippen LogP contribution is -2.25. The van der Waals surface area contributed by atoms with Crippen molar-refractivity contribution in [1.29, 1.82) is 0 Å². The fourth-order valence-electron chi connectivity index (χ4n) is 4.07. The summed E-state index contributed by atoms with van der Waals surface area (Å²) in [6.45, 7) is 9.06. The van der Waals surface area contributed by atoms with Gasteiger partial charge in [-0.2, -0.15) is 0 Å². The molecule has 1 N–H and O–H groups in total. The maximum atomic E-state index is 10.8. The predicted octanol–water partition coefficient (Wildman–Crippen LogP) is 5.29. The molecule has 0 fully saturated rings. The summed E-state index contributed by atoms with van der Waals surface area (Å²) in [5, 5.41) is 10.8. The molecule has 4 aromatic rings. The molecule has 0 amide bonds.